The van der Waals surface area contributed by atoms with E-state index in [1.54, 1.807) is 7.11 Å². The number of ether oxygens (including phenoxy) is 2. The van der Waals surface area contributed by atoms with Gasteiger partial charge in [-0.05, 0) is 85.3 Å². The third-order valence-electron chi connectivity index (χ3n) is 6.42. The first-order chi connectivity index (χ1) is 16.6. The molecule has 5 rings (SSSR count). The predicted molar refractivity (Wildman–Crippen MR) is 140 cm³/mol. The Kier molecular flexibility index (Phi) is 8.07. The molecule has 0 spiro atoms. The van der Waals surface area contributed by atoms with Crippen LogP contribution in [0.25, 0.3) is 0 Å². The lowest BCUT2D eigenvalue weighted by molar-refractivity contribution is 0.160. The van der Waals surface area contributed by atoms with Crippen molar-refractivity contribution in [1.82, 2.24) is 4.90 Å². The van der Waals surface area contributed by atoms with Gasteiger partial charge in [-0.25, -0.2) is 0 Å². The van der Waals surface area contributed by atoms with Crippen LogP contribution < -0.4 is 13.7 Å². The molecule has 34 heavy (non-hydrogen) atoms. The summed E-state index contributed by atoms with van der Waals surface area (Å²) < 4.78 is 17.6. The lowest BCUT2D eigenvalue weighted by atomic mass is 9.84. The maximum atomic E-state index is 6.12. The molecule has 1 unspecified atom stereocenters. The minimum Gasteiger partial charge on any atom is -0.494 e. The van der Waals surface area contributed by atoms with E-state index >= 15 is 0 Å². The van der Waals surface area contributed by atoms with E-state index in [1.165, 1.54) is 39.9 Å². The molecule has 0 N–H and O–H groups in total. The van der Waals surface area contributed by atoms with Gasteiger partial charge in [-0.3, -0.25) is 4.90 Å². The van der Waals surface area contributed by atoms with Gasteiger partial charge < -0.3 is 13.7 Å². The van der Waals surface area contributed by atoms with Crippen molar-refractivity contribution >= 4 is 12.0 Å². The van der Waals surface area contributed by atoms with E-state index < -0.39 is 0 Å². The topological polar surface area (TPSA) is 30.9 Å². The Labute approximate surface area is 208 Å². The van der Waals surface area contributed by atoms with Gasteiger partial charge >= 0.3 is 0 Å². The van der Waals surface area contributed by atoms with Crippen molar-refractivity contribution in [1.29, 1.82) is 0 Å². The molecule has 0 amide bonds. The highest BCUT2D eigenvalue weighted by Crippen LogP contribution is 2.44. The Morgan fingerprint density at radius 3 is 2.47 bits per heavy atom. The third-order valence-corrected chi connectivity index (χ3v) is 7.15. The van der Waals surface area contributed by atoms with Crippen molar-refractivity contribution < 1.29 is 13.7 Å². The summed E-state index contributed by atoms with van der Waals surface area (Å²) in [6.07, 6.45) is 2.01. The van der Waals surface area contributed by atoms with E-state index in [9.17, 15) is 0 Å². The maximum Gasteiger partial charge on any atom is 0.179 e. The van der Waals surface area contributed by atoms with E-state index in [2.05, 4.69) is 66.4 Å². The van der Waals surface area contributed by atoms with Crippen molar-refractivity contribution in [2.45, 2.75) is 58.0 Å². The number of rotatable bonds is 6. The fourth-order valence-corrected chi connectivity index (χ4v) is 5.29. The molecule has 3 aromatic rings. The van der Waals surface area contributed by atoms with Crippen LogP contribution in [0.4, 0.5) is 0 Å². The number of nitrogens with zero attached hydrogens (tertiary/aromatic N) is 1. The SMILES string of the molecule is CC.CCOc1ccc2c(c1)CC1c3cc(OC)c(OSc4ccc(C)cc4)cc3CCN1C2. The summed E-state index contributed by atoms with van der Waals surface area (Å²) in [5.74, 6) is 2.55. The number of fused-ring (bicyclic) bond motifs is 4. The monoisotopic (exact) mass is 477 g/mol. The zero-order valence-electron chi connectivity index (χ0n) is 20.9. The molecule has 0 bridgehead atoms. The van der Waals surface area contributed by atoms with Gasteiger partial charge in [-0.15, -0.1) is 0 Å². The van der Waals surface area contributed by atoms with E-state index in [-0.39, 0.29) is 0 Å². The summed E-state index contributed by atoms with van der Waals surface area (Å²) >= 11 is 1.38. The molecule has 3 aromatic carbocycles. The van der Waals surface area contributed by atoms with Crippen LogP contribution in [0.1, 0.15) is 54.6 Å². The molecule has 5 heteroatoms. The summed E-state index contributed by atoms with van der Waals surface area (Å²) in [6.45, 7) is 10.8. The number of hydrogen-bond acceptors (Lipinski definition) is 5. The second-order valence-electron chi connectivity index (χ2n) is 8.49. The van der Waals surface area contributed by atoms with Gasteiger partial charge in [-0.1, -0.05) is 37.6 Å². The number of methoxy groups -OCH3 is 1. The summed E-state index contributed by atoms with van der Waals surface area (Å²) in [5, 5.41) is 0. The fourth-order valence-electron chi connectivity index (χ4n) is 4.73. The van der Waals surface area contributed by atoms with Crippen LogP contribution in [0.3, 0.4) is 0 Å². The van der Waals surface area contributed by atoms with Gasteiger partial charge in [0.25, 0.3) is 0 Å². The van der Waals surface area contributed by atoms with E-state index in [1.807, 2.05) is 20.8 Å². The Morgan fingerprint density at radius 2 is 1.74 bits per heavy atom. The molecular weight excluding hydrogens is 442 g/mol. The highest BCUT2D eigenvalue weighted by molar-refractivity contribution is 7.95. The van der Waals surface area contributed by atoms with Crippen LogP contribution in [0, 0.1) is 6.92 Å². The largest absolute Gasteiger partial charge is 0.494 e. The quantitative estimate of drug-likeness (QED) is 0.351. The number of hydrogen-bond donors (Lipinski definition) is 0. The molecule has 2 aliphatic heterocycles. The van der Waals surface area contributed by atoms with Gasteiger partial charge in [0.1, 0.15) is 5.75 Å². The third kappa shape index (κ3) is 5.21. The lowest BCUT2D eigenvalue weighted by Gasteiger charge is -2.41. The van der Waals surface area contributed by atoms with Gasteiger partial charge in [0.2, 0.25) is 0 Å². The first-order valence-corrected chi connectivity index (χ1v) is 13.0. The van der Waals surface area contributed by atoms with Gasteiger partial charge in [-0.2, -0.15) is 0 Å². The summed E-state index contributed by atoms with van der Waals surface area (Å²) in [7, 11) is 1.72. The van der Waals surface area contributed by atoms with E-state index in [0.717, 1.165) is 48.1 Å². The van der Waals surface area contributed by atoms with Crippen LogP contribution in [0.15, 0.2) is 59.5 Å². The first kappa shape index (κ1) is 24.5. The summed E-state index contributed by atoms with van der Waals surface area (Å²) in [5.41, 5.74) is 6.76. The van der Waals surface area contributed by atoms with Crippen molar-refractivity contribution in [3.05, 3.63) is 82.4 Å². The second kappa shape index (κ2) is 11.2. The first-order valence-electron chi connectivity index (χ1n) is 12.2. The molecule has 180 valence electrons. The number of benzene rings is 3. The molecule has 0 radical (unpaired) electrons. The predicted octanol–water partition coefficient (Wildman–Crippen LogP) is 7.17. The van der Waals surface area contributed by atoms with Gasteiger partial charge in [0.05, 0.1) is 25.8 Å². The molecule has 2 aliphatic rings. The van der Waals surface area contributed by atoms with Crippen molar-refractivity contribution in [3.63, 3.8) is 0 Å². The normalized spacial score (nSPS) is 16.3. The van der Waals surface area contributed by atoms with E-state index in [4.69, 9.17) is 13.7 Å². The highest BCUT2D eigenvalue weighted by Gasteiger charge is 2.33. The molecule has 2 heterocycles. The Balaban J connectivity index is 0.00000133. The summed E-state index contributed by atoms with van der Waals surface area (Å²) in [4.78, 5) is 3.67. The zero-order chi connectivity index (χ0) is 24.1. The maximum absolute atomic E-state index is 6.12. The van der Waals surface area contributed by atoms with Crippen LogP contribution in [-0.2, 0) is 19.4 Å². The van der Waals surface area contributed by atoms with Crippen LogP contribution in [0.2, 0.25) is 0 Å². The van der Waals surface area contributed by atoms with Crippen LogP contribution >= 0.6 is 12.0 Å². The fraction of sp³-hybridized carbons (Fsp3) is 0.379. The average Bonchev–Trinajstić information content (AvgIpc) is 2.88. The van der Waals surface area contributed by atoms with Crippen molar-refractivity contribution in [2.75, 3.05) is 20.3 Å². The zero-order valence-corrected chi connectivity index (χ0v) is 21.7. The Morgan fingerprint density at radius 1 is 0.941 bits per heavy atom. The van der Waals surface area contributed by atoms with Crippen LogP contribution in [-0.4, -0.2) is 25.2 Å². The molecule has 0 saturated heterocycles. The molecule has 0 fully saturated rings. The molecule has 0 aliphatic carbocycles. The molecule has 0 aromatic heterocycles. The van der Waals surface area contributed by atoms with Crippen molar-refractivity contribution in [3.8, 4) is 17.2 Å². The summed E-state index contributed by atoms with van der Waals surface area (Å²) in [6, 6.07) is 19.6. The van der Waals surface area contributed by atoms with Gasteiger partial charge in [0.15, 0.2) is 11.5 Å². The smallest absolute Gasteiger partial charge is 0.179 e. The Hall–Kier alpha value is -2.63. The average molecular weight is 478 g/mol. The second-order valence-corrected chi connectivity index (χ2v) is 9.29. The van der Waals surface area contributed by atoms with Crippen molar-refractivity contribution in [2.24, 2.45) is 0 Å². The molecule has 1 atom stereocenters. The lowest BCUT2D eigenvalue weighted by Crippen LogP contribution is -2.39. The number of aryl methyl sites for hydroxylation is 1. The van der Waals surface area contributed by atoms with Crippen LogP contribution in [0.5, 0.6) is 17.2 Å². The minimum atomic E-state index is 0.357. The standard InChI is InChI=1S/C27H29NO3S.C2H6/c1-4-30-22-8-7-20-17-28-12-11-19-15-27(31-32-23-9-5-18(2)6-10-23)26(29-3)16-24(19)25(28)14-21(20)13-22;1-2/h5-10,13,15-16,25H,4,11-12,14,17H2,1-3H3;1-2H3. The molecular formula is C29H35NO3S. The highest BCUT2D eigenvalue weighted by atomic mass is 32.2. The van der Waals surface area contributed by atoms with E-state index in [0.29, 0.717) is 12.6 Å². The van der Waals surface area contributed by atoms with Gasteiger partial charge in [0, 0.05) is 24.0 Å². The minimum absolute atomic E-state index is 0.357. The Bertz CT molecular complexity index is 1110. The molecule has 4 nitrogen and oxygen atoms in total. The molecule has 0 saturated carbocycles.